The van der Waals surface area contributed by atoms with Gasteiger partial charge in [0.25, 0.3) is 0 Å². The highest BCUT2D eigenvalue weighted by atomic mass is 16.4. The minimum atomic E-state index is -1.08. The molecule has 1 aliphatic carbocycles. The summed E-state index contributed by atoms with van der Waals surface area (Å²) in [5.74, 6) is -2.06. The molecule has 9 heteroatoms. The molecule has 2 aromatic rings. The van der Waals surface area contributed by atoms with Crippen molar-refractivity contribution in [2.24, 2.45) is 5.41 Å². The van der Waals surface area contributed by atoms with E-state index in [4.69, 9.17) is 15.9 Å². The second-order valence-corrected chi connectivity index (χ2v) is 5.57. The number of carbonyl (C=O) groups is 2. The summed E-state index contributed by atoms with van der Waals surface area (Å²) >= 11 is 0. The van der Waals surface area contributed by atoms with Crippen LogP contribution in [0.25, 0.3) is 5.69 Å². The van der Waals surface area contributed by atoms with Crippen LogP contribution in [-0.2, 0) is 9.59 Å². The summed E-state index contributed by atoms with van der Waals surface area (Å²) in [4.78, 5) is 29.1. The SMILES string of the molecule is CC1(C(=O)O)C=CC=C(C(=O)O)C1.Nc1cnn(-c2cncnc2)c1. The average Bonchev–Trinajstić information content (AvgIpc) is 3.03. The third-order valence-corrected chi connectivity index (χ3v) is 3.50. The second kappa shape index (κ2) is 7.39. The van der Waals surface area contributed by atoms with Gasteiger partial charge >= 0.3 is 11.9 Å². The number of nitrogens with zero attached hydrogens (tertiary/aromatic N) is 4. The predicted octanol–water partition coefficient (Wildman–Crippen LogP) is 1.29. The molecular weight excluding hydrogens is 326 g/mol. The highest BCUT2D eigenvalue weighted by Gasteiger charge is 2.34. The molecule has 0 saturated carbocycles. The molecular formula is C16H17N5O4. The molecule has 1 atom stereocenters. The van der Waals surface area contributed by atoms with E-state index in [1.165, 1.54) is 31.5 Å². The number of allylic oxidation sites excluding steroid dienone is 2. The van der Waals surface area contributed by atoms with E-state index in [2.05, 4.69) is 15.1 Å². The Kier molecular flexibility index (Phi) is 5.28. The Hall–Kier alpha value is -3.49. The van der Waals surface area contributed by atoms with Gasteiger partial charge in [0.2, 0.25) is 0 Å². The third kappa shape index (κ3) is 4.50. The number of nitrogens with two attached hydrogens (primary N) is 1. The van der Waals surface area contributed by atoms with Crippen LogP contribution in [0.2, 0.25) is 0 Å². The smallest absolute Gasteiger partial charge is 0.331 e. The number of hydrogen-bond donors (Lipinski definition) is 3. The molecule has 0 aliphatic heterocycles. The van der Waals surface area contributed by atoms with Crippen LogP contribution in [0.15, 0.2) is 54.9 Å². The molecule has 4 N–H and O–H groups in total. The van der Waals surface area contributed by atoms with E-state index in [1.807, 2.05) is 0 Å². The van der Waals surface area contributed by atoms with Gasteiger partial charge < -0.3 is 15.9 Å². The quantitative estimate of drug-likeness (QED) is 0.756. The number of anilines is 1. The number of rotatable bonds is 3. The van der Waals surface area contributed by atoms with Crippen molar-refractivity contribution in [2.45, 2.75) is 13.3 Å². The molecule has 9 nitrogen and oxygen atoms in total. The van der Waals surface area contributed by atoms with Gasteiger partial charge in [0, 0.05) is 5.57 Å². The second-order valence-electron chi connectivity index (χ2n) is 5.57. The minimum absolute atomic E-state index is 0.0359. The van der Waals surface area contributed by atoms with Crippen molar-refractivity contribution in [1.29, 1.82) is 0 Å². The summed E-state index contributed by atoms with van der Waals surface area (Å²) in [6.45, 7) is 1.50. The first-order valence-electron chi connectivity index (χ1n) is 7.22. The van der Waals surface area contributed by atoms with E-state index >= 15 is 0 Å². The van der Waals surface area contributed by atoms with E-state index in [0.717, 1.165) is 5.69 Å². The normalized spacial score (nSPS) is 18.7. The monoisotopic (exact) mass is 343 g/mol. The van der Waals surface area contributed by atoms with Gasteiger partial charge in [-0.3, -0.25) is 4.79 Å². The Morgan fingerprint density at radius 2 is 1.92 bits per heavy atom. The molecule has 0 aromatic carbocycles. The molecule has 0 fully saturated rings. The van der Waals surface area contributed by atoms with Crippen LogP contribution in [-0.4, -0.2) is 41.9 Å². The molecule has 130 valence electrons. The lowest BCUT2D eigenvalue weighted by Crippen LogP contribution is -2.28. The molecule has 0 radical (unpaired) electrons. The maximum atomic E-state index is 10.8. The molecule has 1 aliphatic rings. The molecule has 1 unspecified atom stereocenters. The Morgan fingerprint density at radius 1 is 1.24 bits per heavy atom. The van der Waals surface area contributed by atoms with Crippen LogP contribution in [0, 0.1) is 5.41 Å². The first-order valence-corrected chi connectivity index (χ1v) is 7.22. The number of carboxylic acids is 2. The molecule has 0 bridgehead atoms. The maximum absolute atomic E-state index is 10.8. The Labute approximate surface area is 143 Å². The number of aromatic nitrogens is 4. The topological polar surface area (TPSA) is 144 Å². The zero-order valence-corrected chi connectivity index (χ0v) is 13.4. The standard InChI is InChI=1S/C9H10O4.C7H7N5/c1-9(8(12)13)4-2-3-6(5-9)7(10)11;8-6-1-11-12(4-6)7-2-9-5-10-3-7/h2-4H,5H2,1H3,(H,10,11)(H,12,13);1-5H,8H2. The number of carboxylic acid groups (broad SMARTS) is 2. The van der Waals surface area contributed by atoms with Crippen LogP contribution >= 0.6 is 0 Å². The van der Waals surface area contributed by atoms with Crippen molar-refractivity contribution in [2.75, 3.05) is 5.73 Å². The molecule has 0 amide bonds. The minimum Gasteiger partial charge on any atom is -0.481 e. The van der Waals surface area contributed by atoms with Crippen LogP contribution < -0.4 is 5.73 Å². The van der Waals surface area contributed by atoms with Crippen molar-refractivity contribution in [3.05, 3.63) is 54.9 Å². The first-order chi connectivity index (χ1) is 11.8. The summed E-state index contributed by atoms with van der Waals surface area (Å²) in [5, 5.41) is 21.5. The van der Waals surface area contributed by atoms with Gasteiger partial charge in [-0.05, 0) is 13.3 Å². The number of aliphatic carboxylic acids is 2. The van der Waals surface area contributed by atoms with E-state index in [0.29, 0.717) is 5.69 Å². The predicted molar refractivity (Wildman–Crippen MR) is 88.8 cm³/mol. The maximum Gasteiger partial charge on any atom is 0.331 e. The molecule has 0 saturated heterocycles. The zero-order chi connectivity index (χ0) is 18.4. The summed E-state index contributed by atoms with van der Waals surface area (Å²) in [7, 11) is 0. The van der Waals surface area contributed by atoms with Gasteiger partial charge in [-0.25, -0.2) is 19.4 Å². The molecule has 25 heavy (non-hydrogen) atoms. The Balaban J connectivity index is 0.000000181. The highest BCUT2D eigenvalue weighted by molar-refractivity contribution is 5.90. The van der Waals surface area contributed by atoms with Gasteiger partial charge in [-0.2, -0.15) is 5.10 Å². The van der Waals surface area contributed by atoms with Crippen molar-refractivity contribution in [3.63, 3.8) is 0 Å². The van der Waals surface area contributed by atoms with Gasteiger partial charge in [0.05, 0.1) is 35.9 Å². The summed E-state index contributed by atoms with van der Waals surface area (Å²) in [5.41, 5.74) is 5.97. The number of nitrogen functional groups attached to an aromatic ring is 1. The first kappa shape index (κ1) is 17.9. The largest absolute Gasteiger partial charge is 0.481 e. The van der Waals surface area contributed by atoms with Crippen molar-refractivity contribution in [3.8, 4) is 5.69 Å². The van der Waals surface area contributed by atoms with Crippen molar-refractivity contribution in [1.82, 2.24) is 19.7 Å². The van der Waals surface area contributed by atoms with E-state index in [9.17, 15) is 9.59 Å². The Bertz CT molecular complexity index is 828. The van der Waals surface area contributed by atoms with Gasteiger partial charge in [-0.15, -0.1) is 0 Å². The van der Waals surface area contributed by atoms with E-state index < -0.39 is 17.4 Å². The van der Waals surface area contributed by atoms with Crippen LogP contribution in [0.3, 0.4) is 0 Å². The van der Waals surface area contributed by atoms with E-state index in [1.54, 1.807) is 29.5 Å². The fraction of sp³-hybridized carbons (Fsp3) is 0.188. The summed E-state index contributed by atoms with van der Waals surface area (Å²) in [6.07, 6.45) is 12.5. The van der Waals surface area contributed by atoms with Crippen molar-refractivity contribution >= 4 is 17.6 Å². The fourth-order valence-corrected chi connectivity index (χ4v) is 2.07. The lowest BCUT2D eigenvalue weighted by atomic mass is 9.80. The van der Waals surface area contributed by atoms with Crippen LogP contribution in [0.4, 0.5) is 5.69 Å². The molecule has 0 spiro atoms. The lowest BCUT2D eigenvalue weighted by molar-refractivity contribution is -0.145. The molecule has 2 aromatic heterocycles. The van der Waals surface area contributed by atoms with E-state index in [-0.39, 0.29) is 12.0 Å². The average molecular weight is 343 g/mol. The van der Waals surface area contributed by atoms with Gasteiger partial charge in [0.1, 0.15) is 12.0 Å². The zero-order valence-electron chi connectivity index (χ0n) is 13.4. The van der Waals surface area contributed by atoms with Gasteiger partial charge in [0.15, 0.2) is 0 Å². The van der Waals surface area contributed by atoms with Crippen LogP contribution in [0.1, 0.15) is 13.3 Å². The summed E-state index contributed by atoms with van der Waals surface area (Å²) < 4.78 is 1.62. The number of hydrogen-bond acceptors (Lipinski definition) is 6. The lowest BCUT2D eigenvalue weighted by Gasteiger charge is -2.23. The van der Waals surface area contributed by atoms with Crippen LogP contribution in [0.5, 0.6) is 0 Å². The summed E-state index contributed by atoms with van der Waals surface area (Å²) in [6, 6.07) is 0. The fourth-order valence-electron chi connectivity index (χ4n) is 2.07. The van der Waals surface area contributed by atoms with Crippen molar-refractivity contribution < 1.29 is 19.8 Å². The molecule has 2 heterocycles. The molecule has 3 rings (SSSR count). The Morgan fingerprint density at radius 3 is 2.44 bits per heavy atom. The van der Waals surface area contributed by atoms with Gasteiger partial charge in [-0.1, -0.05) is 18.2 Å². The highest BCUT2D eigenvalue weighted by Crippen LogP contribution is 2.31. The third-order valence-electron chi connectivity index (χ3n) is 3.50.